The highest BCUT2D eigenvalue weighted by Gasteiger charge is 2.47. The number of methoxy groups -OCH3 is 1. The molecule has 2 aliphatic rings. The first-order chi connectivity index (χ1) is 16.6. The van der Waals surface area contributed by atoms with Gasteiger partial charge in [-0.3, -0.25) is 9.59 Å². The van der Waals surface area contributed by atoms with E-state index in [1.807, 2.05) is 35.0 Å². The van der Waals surface area contributed by atoms with E-state index in [-0.39, 0.29) is 11.8 Å². The summed E-state index contributed by atoms with van der Waals surface area (Å²) in [5.74, 6) is 1.29. The second-order valence-electron chi connectivity index (χ2n) is 8.50. The molecular weight excluding hydrogens is 436 g/mol. The number of benzene rings is 1. The van der Waals surface area contributed by atoms with Gasteiger partial charge >= 0.3 is 0 Å². The Morgan fingerprint density at radius 3 is 2.82 bits per heavy atom. The van der Waals surface area contributed by atoms with Crippen molar-refractivity contribution in [1.29, 1.82) is 0 Å². The molecule has 1 fully saturated rings. The monoisotopic (exact) mass is 462 g/mol. The Labute approximate surface area is 196 Å². The van der Waals surface area contributed by atoms with Gasteiger partial charge in [0, 0.05) is 44.9 Å². The van der Waals surface area contributed by atoms with Crippen LogP contribution < -0.4 is 10.1 Å². The fourth-order valence-electron chi connectivity index (χ4n) is 4.63. The minimum absolute atomic E-state index is 0.0866. The van der Waals surface area contributed by atoms with E-state index in [0.29, 0.717) is 44.6 Å². The van der Waals surface area contributed by atoms with E-state index in [2.05, 4.69) is 20.5 Å². The first kappa shape index (κ1) is 22.0. The lowest BCUT2D eigenvalue weighted by Gasteiger charge is -2.45. The van der Waals surface area contributed by atoms with Crippen molar-refractivity contribution >= 4 is 11.8 Å². The van der Waals surface area contributed by atoms with Crippen LogP contribution >= 0.6 is 0 Å². The van der Waals surface area contributed by atoms with Crippen LogP contribution in [0.3, 0.4) is 0 Å². The molecule has 0 radical (unpaired) electrons. The van der Waals surface area contributed by atoms with Gasteiger partial charge in [-0.25, -0.2) is 4.98 Å². The lowest BCUT2D eigenvalue weighted by Crippen LogP contribution is -2.54. The third-order valence-corrected chi connectivity index (χ3v) is 6.44. The normalized spacial score (nSPS) is 18.9. The average molecular weight is 463 g/mol. The van der Waals surface area contributed by atoms with Crippen LogP contribution in [0.5, 0.6) is 5.75 Å². The molecule has 10 heteroatoms. The van der Waals surface area contributed by atoms with Gasteiger partial charge in [-0.2, -0.15) is 10.2 Å². The van der Waals surface area contributed by atoms with Crippen molar-refractivity contribution in [2.24, 2.45) is 0 Å². The summed E-state index contributed by atoms with van der Waals surface area (Å²) in [4.78, 5) is 32.2. The number of hydrogen-bond donors (Lipinski definition) is 1. The number of carbonyl (C=O) groups is 2. The minimum Gasteiger partial charge on any atom is -0.497 e. The molecule has 1 unspecified atom stereocenters. The number of rotatable bonds is 5. The van der Waals surface area contributed by atoms with E-state index >= 15 is 0 Å². The molecule has 1 N–H and O–H groups in total. The summed E-state index contributed by atoms with van der Waals surface area (Å²) in [6.45, 7) is 1.76. The van der Waals surface area contributed by atoms with Gasteiger partial charge in [0.1, 0.15) is 17.2 Å². The quantitative estimate of drug-likeness (QED) is 0.612. The maximum absolute atomic E-state index is 13.1. The number of carbonyl (C=O) groups excluding carboxylic acids is 2. The molecule has 176 valence electrons. The lowest BCUT2D eigenvalue weighted by molar-refractivity contribution is -0.172. The molecule has 4 heterocycles. The fraction of sp³-hybridized carbons (Fsp3) is 0.375. The molecule has 34 heavy (non-hydrogen) atoms. The second kappa shape index (κ2) is 9.22. The van der Waals surface area contributed by atoms with E-state index in [1.165, 1.54) is 12.4 Å². The number of amides is 2. The molecule has 2 amide bonds. The number of fused-ring (bicyclic) bond motifs is 2. The second-order valence-corrected chi connectivity index (χ2v) is 8.50. The maximum Gasteiger partial charge on any atom is 0.255 e. The predicted octanol–water partition coefficient (Wildman–Crippen LogP) is 1.53. The van der Waals surface area contributed by atoms with Crippen LogP contribution in [0.2, 0.25) is 0 Å². The first-order valence-electron chi connectivity index (χ1n) is 11.2. The molecular formula is C24H26N6O4. The van der Waals surface area contributed by atoms with Crippen molar-refractivity contribution in [3.8, 4) is 5.75 Å². The zero-order chi connectivity index (χ0) is 23.5. The predicted molar refractivity (Wildman–Crippen MR) is 121 cm³/mol. The molecule has 2 aromatic heterocycles. The molecule has 1 saturated heterocycles. The van der Waals surface area contributed by atoms with Crippen molar-refractivity contribution in [2.45, 2.75) is 37.6 Å². The topological polar surface area (TPSA) is 111 Å². The standard InChI is InChI=1S/C24H26N6O4/c1-33-19-4-2-3-17(13-19)14-26-21(31)20-16-30-12-9-25-23(30)24(34-20)6-10-29(11-7-24)22(32)18-5-8-27-28-15-18/h2-5,8-9,12-13,15,20H,6-7,10-11,14,16H2,1H3,(H,26,31). The minimum atomic E-state index is -0.715. The van der Waals surface area contributed by atoms with Crippen molar-refractivity contribution in [2.75, 3.05) is 20.2 Å². The van der Waals surface area contributed by atoms with E-state index < -0.39 is 11.7 Å². The highest BCUT2D eigenvalue weighted by atomic mass is 16.5. The Morgan fingerprint density at radius 2 is 2.06 bits per heavy atom. The zero-order valence-electron chi connectivity index (χ0n) is 18.9. The van der Waals surface area contributed by atoms with Gasteiger partial charge in [-0.05, 0) is 23.8 Å². The molecule has 0 saturated carbocycles. The third-order valence-electron chi connectivity index (χ3n) is 6.44. The molecule has 1 aromatic carbocycles. The molecule has 10 nitrogen and oxygen atoms in total. The number of nitrogens with one attached hydrogen (secondary N) is 1. The first-order valence-corrected chi connectivity index (χ1v) is 11.2. The van der Waals surface area contributed by atoms with Crippen LogP contribution in [0.1, 0.15) is 34.6 Å². The molecule has 2 aliphatic heterocycles. The molecule has 5 rings (SSSR count). The Bertz CT molecular complexity index is 1170. The summed E-state index contributed by atoms with van der Waals surface area (Å²) >= 11 is 0. The number of likely N-dealkylation sites (tertiary alicyclic amines) is 1. The van der Waals surface area contributed by atoms with Crippen molar-refractivity contribution in [3.05, 3.63) is 72.1 Å². The Morgan fingerprint density at radius 1 is 1.21 bits per heavy atom. The van der Waals surface area contributed by atoms with Crippen molar-refractivity contribution < 1.29 is 19.1 Å². The molecule has 0 aliphatic carbocycles. The van der Waals surface area contributed by atoms with Crippen molar-refractivity contribution in [3.63, 3.8) is 0 Å². The molecule has 1 atom stereocenters. The van der Waals surface area contributed by atoms with Gasteiger partial charge < -0.3 is 24.3 Å². The van der Waals surface area contributed by atoms with E-state index in [0.717, 1.165) is 17.1 Å². The van der Waals surface area contributed by atoms with Gasteiger partial charge in [-0.1, -0.05) is 12.1 Å². The van der Waals surface area contributed by atoms with Crippen LogP contribution in [0.15, 0.2) is 55.1 Å². The fourth-order valence-corrected chi connectivity index (χ4v) is 4.63. The highest BCUT2D eigenvalue weighted by molar-refractivity contribution is 5.93. The van der Waals surface area contributed by atoms with Crippen LogP contribution in [0.25, 0.3) is 0 Å². The number of nitrogens with zero attached hydrogens (tertiary/aromatic N) is 5. The van der Waals surface area contributed by atoms with E-state index in [1.54, 1.807) is 24.3 Å². The summed E-state index contributed by atoms with van der Waals surface area (Å²) in [5.41, 5.74) is 0.735. The molecule has 3 aromatic rings. The van der Waals surface area contributed by atoms with Gasteiger partial charge in [0.15, 0.2) is 6.10 Å². The Kier molecular flexibility index (Phi) is 5.97. The van der Waals surface area contributed by atoms with Crippen LogP contribution in [-0.2, 0) is 28.2 Å². The van der Waals surface area contributed by atoms with Gasteiger partial charge in [0.25, 0.3) is 11.8 Å². The van der Waals surface area contributed by atoms with E-state index in [4.69, 9.17) is 9.47 Å². The van der Waals surface area contributed by atoms with Crippen LogP contribution in [0, 0.1) is 0 Å². The molecule has 1 spiro atoms. The van der Waals surface area contributed by atoms with Gasteiger partial charge in [-0.15, -0.1) is 0 Å². The molecule has 0 bridgehead atoms. The summed E-state index contributed by atoms with van der Waals surface area (Å²) in [5, 5.41) is 10.5. The lowest BCUT2D eigenvalue weighted by atomic mass is 9.88. The van der Waals surface area contributed by atoms with Crippen LogP contribution in [-0.4, -0.2) is 62.8 Å². The maximum atomic E-state index is 13.1. The zero-order valence-corrected chi connectivity index (χ0v) is 18.9. The van der Waals surface area contributed by atoms with Crippen LogP contribution in [0.4, 0.5) is 0 Å². The Hall–Kier alpha value is -3.79. The van der Waals surface area contributed by atoms with Gasteiger partial charge in [0.2, 0.25) is 0 Å². The number of piperidine rings is 1. The number of aromatic nitrogens is 4. The summed E-state index contributed by atoms with van der Waals surface area (Å²) in [7, 11) is 1.61. The largest absolute Gasteiger partial charge is 0.497 e. The Balaban J connectivity index is 1.27. The summed E-state index contributed by atoms with van der Waals surface area (Å²) in [6.07, 6.45) is 7.04. The van der Waals surface area contributed by atoms with Gasteiger partial charge in [0.05, 0.1) is 31.6 Å². The summed E-state index contributed by atoms with van der Waals surface area (Å²) in [6, 6.07) is 9.24. The van der Waals surface area contributed by atoms with Crippen molar-refractivity contribution in [1.82, 2.24) is 30.0 Å². The number of ether oxygens (including phenoxy) is 2. The SMILES string of the molecule is COc1cccc(CNC(=O)C2Cn3ccnc3C3(CCN(C(=O)c4ccnnc4)CC3)O2)c1. The number of hydrogen-bond acceptors (Lipinski definition) is 7. The highest BCUT2D eigenvalue weighted by Crippen LogP contribution is 2.40. The third kappa shape index (κ3) is 4.24. The van der Waals surface area contributed by atoms with E-state index in [9.17, 15) is 9.59 Å². The average Bonchev–Trinajstić information content (AvgIpc) is 3.38. The smallest absolute Gasteiger partial charge is 0.255 e. The number of imidazole rings is 1. The summed E-state index contributed by atoms with van der Waals surface area (Å²) < 4.78 is 13.7.